The molecule has 1 aromatic heterocycles. The van der Waals surface area contributed by atoms with Crippen molar-refractivity contribution in [3.8, 4) is 17.1 Å². The maximum Gasteiger partial charge on any atom is 0.204 e. The average Bonchev–Trinajstić information content (AvgIpc) is 3.23. The average molecular weight is 433 g/mol. The monoisotopic (exact) mass is 432 g/mol. The molecule has 1 saturated heterocycles. The lowest BCUT2D eigenvalue weighted by Crippen LogP contribution is -2.34. The molecule has 1 aliphatic rings. The fraction of sp³-hybridized carbons (Fsp3) is 0.300. The number of sulfone groups is 1. The smallest absolute Gasteiger partial charge is 0.204 e. The van der Waals surface area contributed by atoms with Crippen LogP contribution in [0.15, 0.2) is 54.6 Å². The molecule has 9 heteroatoms. The first-order valence-electron chi connectivity index (χ1n) is 9.26. The molecule has 0 amide bonds. The largest absolute Gasteiger partial charge is 0.283 e. The number of hydrogen-bond acceptors (Lipinski definition) is 5. The second-order valence-electron chi connectivity index (χ2n) is 7.24. The minimum absolute atomic E-state index is 0.0574. The molecular weight excluding hydrogens is 411 g/mol. The van der Waals surface area contributed by atoms with Crippen molar-refractivity contribution >= 4 is 22.1 Å². The van der Waals surface area contributed by atoms with E-state index < -0.39 is 9.84 Å². The fourth-order valence-electron chi connectivity index (χ4n) is 3.55. The Morgan fingerprint density at radius 2 is 1.86 bits per heavy atom. The Bertz CT molecular complexity index is 1170. The molecule has 1 fully saturated rings. The van der Waals surface area contributed by atoms with E-state index in [1.54, 1.807) is 16.8 Å². The molecule has 3 aromatic rings. The van der Waals surface area contributed by atoms with Gasteiger partial charge < -0.3 is 0 Å². The minimum atomic E-state index is -2.97. The van der Waals surface area contributed by atoms with E-state index in [4.69, 9.17) is 17.3 Å². The van der Waals surface area contributed by atoms with E-state index in [0.717, 1.165) is 5.56 Å². The van der Waals surface area contributed by atoms with E-state index in [-0.39, 0.29) is 23.4 Å². The Labute approximate surface area is 174 Å². The summed E-state index contributed by atoms with van der Waals surface area (Å²) in [6, 6.07) is 15.7. The molecule has 0 unspecified atom stereocenters. The first-order chi connectivity index (χ1) is 13.8. The Kier molecular flexibility index (Phi) is 5.37. The lowest BCUT2D eigenvalue weighted by Gasteiger charge is -2.22. The second kappa shape index (κ2) is 7.81. The Morgan fingerprint density at radius 3 is 2.48 bits per heavy atom. The summed E-state index contributed by atoms with van der Waals surface area (Å²) in [5.74, 6) is 0.694. The maximum atomic E-state index is 13.4. The van der Waals surface area contributed by atoms with Crippen molar-refractivity contribution in [3.05, 3.63) is 65.2 Å². The van der Waals surface area contributed by atoms with Crippen molar-refractivity contribution in [2.45, 2.75) is 19.1 Å². The molecule has 2 aromatic carbocycles. The van der Waals surface area contributed by atoms with Crippen LogP contribution in [0, 0.1) is 10.6 Å². The van der Waals surface area contributed by atoms with Crippen molar-refractivity contribution in [1.29, 1.82) is 0 Å². The number of aromatic nitrogens is 3. The van der Waals surface area contributed by atoms with Gasteiger partial charge in [-0.15, -0.1) is 5.10 Å². The highest BCUT2D eigenvalue weighted by molar-refractivity contribution is 7.91. The van der Waals surface area contributed by atoms with Crippen LogP contribution >= 0.6 is 12.2 Å². The first-order valence-corrected chi connectivity index (χ1v) is 11.5. The van der Waals surface area contributed by atoms with E-state index in [1.165, 1.54) is 12.1 Å². The quantitative estimate of drug-likeness (QED) is 0.579. The maximum absolute atomic E-state index is 13.4. The van der Waals surface area contributed by atoms with Gasteiger partial charge in [0.15, 0.2) is 15.7 Å². The van der Waals surface area contributed by atoms with Gasteiger partial charge in [0.25, 0.3) is 0 Å². The van der Waals surface area contributed by atoms with E-state index in [9.17, 15) is 12.8 Å². The molecule has 4 rings (SSSR count). The van der Waals surface area contributed by atoms with Gasteiger partial charge in [-0.1, -0.05) is 30.3 Å². The summed E-state index contributed by atoms with van der Waals surface area (Å²) in [5.41, 5.74) is 1.60. The zero-order valence-electron chi connectivity index (χ0n) is 15.9. The Hall–Kier alpha value is -2.36. The molecular formula is C20H21FN4O2S2. The van der Waals surface area contributed by atoms with E-state index >= 15 is 0 Å². The summed E-state index contributed by atoms with van der Waals surface area (Å²) < 4.78 is 41.0. The Balaban J connectivity index is 1.74. The van der Waals surface area contributed by atoms with E-state index in [2.05, 4.69) is 0 Å². The Morgan fingerprint density at radius 1 is 1.17 bits per heavy atom. The van der Waals surface area contributed by atoms with Gasteiger partial charge in [0, 0.05) is 11.6 Å². The number of nitrogens with zero attached hydrogens (tertiary/aromatic N) is 4. The normalized spacial score (nSPS) is 18.4. The molecule has 0 bridgehead atoms. The standard InChI is InChI=1S/C20H21FN4O2S2/c1-23(18-11-12-29(26,27)13-18)14-24-20(28)25(17-9-7-16(21)8-10-17)19(22-24)15-5-3-2-4-6-15/h2-10,18H,11-14H2,1H3/t18-/m0/s1. The van der Waals surface area contributed by atoms with Gasteiger partial charge >= 0.3 is 0 Å². The highest BCUT2D eigenvalue weighted by atomic mass is 32.2. The van der Waals surface area contributed by atoms with Crippen LogP contribution in [0.1, 0.15) is 6.42 Å². The molecule has 0 aliphatic carbocycles. The van der Waals surface area contributed by atoms with Gasteiger partial charge in [-0.05, 0) is 50.0 Å². The molecule has 0 saturated carbocycles. The topological polar surface area (TPSA) is 60.1 Å². The molecule has 1 atom stereocenters. The van der Waals surface area contributed by atoms with Crippen molar-refractivity contribution < 1.29 is 12.8 Å². The molecule has 6 nitrogen and oxygen atoms in total. The molecule has 29 heavy (non-hydrogen) atoms. The van der Waals surface area contributed by atoms with Gasteiger partial charge in [-0.2, -0.15) is 0 Å². The predicted octanol–water partition coefficient (Wildman–Crippen LogP) is 3.29. The lowest BCUT2D eigenvalue weighted by atomic mass is 10.2. The van der Waals surface area contributed by atoms with Crippen molar-refractivity contribution in [2.75, 3.05) is 18.6 Å². The summed E-state index contributed by atoms with van der Waals surface area (Å²) in [5, 5.41) is 4.72. The lowest BCUT2D eigenvalue weighted by molar-refractivity contribution is 0.196. The summed E-state index contributed by atoms with van der Waals surface area (Å²) in [4.78, 5) is 1.97. The van der Waals surface area contributed by atoms with Gasteiger partial charge in [0.05, 0.1) is 23.9 Å². The zero-order chi connectivity index (χ0) is 20.6. The molecule has 1 aliphatic heterocycles. The summed E-state index contributed by atoms with van der Waals surface area (Å²) in [7, 11) is -1.09. The van der Waals surface area contributed by atoms with E-state index in [1.807, 2.05) is 46.8 Å². The zero-order valence-corrected chi connectivity index (χ0v) is 17.5. The number of benzene rings is 2. The number of hydrogen-bond donors (Lipinski definition) is 0. The molecule has 0 radical (unpaired) electrons. The van der Waals surface area contributed by atoms with Crippen LogP contribution in [-0.2, 0) is 16.5 Å². The van der Waals surface area contributed by atoms with Crippen LogP contribution in [-0.4, -0.2) is 52.3 Å². The van der Waals surface area contributed by atoms with Crippen LogP contribution in [0.5, 0.6) is 0 Å². The first kappa shape index (κ1) is 19.9. The molecule has 152 valence electrons. The number of rotatable bonds is 5. The predicted molar refractivity (Wildman–Crippen MR) is 113 cm³/mol. The van der Waals surface area contributed by atoms with Crippen LogP contribution in [0.4, 0.5) is 4.39 Å². The second-order valence-corrected chi connectivity index (χ2v) is 9.83. The van der Waals surface area contributed by atoms with Crippen LogP contribution in [0.3, 0.4) is 0 Å². The highest BCUT2D eigenvalue weighted by Crippen LogP contribution is 2.24. The fourth-order valence-corrected chi connectivity index (χ4v) is 5.64. The third-order valence-electron chi connectivity index (χ3n) is 5.14. The SMILES string of the molecule is CN(Cn1nc(-c2ccccc2)n(-c2ccc(F)cc2)c1=S)[C@H]1CCS(=O)(=O)C1. The summed E-state index contributed by atoms with van der Waals surface area (Å²) in [6.07, 6.45) is 0.608. The van der Waals surface area contributed by atoms with Crippen LogP contribution < -0.4 is 0 Å². The van der Waals surface area contributed by atoms with Gasteiger partial charge in [0.2, 0.25) is 4.77 Å². The van der Waals surface area contributed by atoms with E-state index in [0.29, 0.717) is 29.4 Å². The van der Waals surface area contributed by atoms with Crippen LogP contribution in [0.2, 0.25) is 0 Å². The summed E-state index contributed by atoms with van der Waals surface area (Å²) >= 11 is 5.69. The highest BCUT2D eigenvalue weighted by Gasteiger charge is 2.31. The van der Waals surface area contributed by atoms with Gasteiger partial charge in [0.1, 0.15) is 5.82 Å². The third-order valence-corrected chi connectivity index (χ3v) is 7.29. The minimum Gasteiger partial charge on any atom is -0.283 e. The number of halogens is 1. The molecule has 0 spiro atoms. The third kappa shape index (κ3) is 4.17. The van der Waals surface area contributed by atoms with Crippen molar-refractivity contribution in [2.24, 2.45) is 0 Å². The van der Waals surface area contributed by atoms with Crippen molar-refractivity contribution in [3.63, 3.8) is 0 Å². The molecule has 0 N–H and O–H groups in total. The molecule has 2 heterocycles. The van der Waals surface area contributed by atoms with Gasteiger partial charge in [-0.3, -0.25) is 9.47 Å². The van der Waals surface area contributed by atoms with Gasteiger partial charge in [-0.25, -0.2) is 17.5 Å². The summed E-state index contributed by atoms with van der Waals surface area (Å²) in [6.45, 7) is 0.368. The van der Waals surface area contributed by atoms with Crippen molar-refractivity contribution in [1.82, 2.24) is 19.2 Å². The van der Waals surface area contributed by atoms with Crippen LogP contribution in [0.25, 0.3) is 17.1 Å².